The van der Waals surface area contributed by atoms with E-state index < -0.39 is 0 Å². The van der Waals surface area contributed by atoms with Crippen molar-refractivity contribution < 1.29 is 9.59 Å². The molecule has 2 fully saturated rings. The lowest BCUT2D eigenvalue weighted by Crippen LogP contribution is -2.64. The number of amides is 2. The normalized spacial score (nSPS) is 24.4. The minimum Gasteiger partial charge on any atom is -0.273 e. The van der Waals surface area contributed by atoms with Gasteiger partial charge in [0.15, 0.2) is 0 Å². The number of unbranched alkanes of at least 4 members (excludes halogenated alkanes) is 9. The molecule has 2 aliphatic rings. The molecule has 1 unspecified atom stereocenters. The Morgan fingerprint density at radius 1 is 0.862 bits per heavy atom. The topological polar surface area (TPSA) is 40.6 Å². The molecule has 0 aromatic heterocycles. The summed E-state index contributed by atoms with van der Waals surface area (Å²) in [7, 11) is 0. The zero-order valence-electron chi connectivity index (χ0n) is 19.9. The summed E-state index contributed by atoms with van der Waals surface area (Å²) in [5.41, 5.74) is -0.108. The largest absolute Gasteiger partial charge is 0.273 e. The van der Waals surface area contributed by atoms with Crippen molar-refractivity contribution in [2.45, 2.75) is 130 Å². The third-order valence-electron chi connectivity index (χ3n) is 7.84. The molecule has 0 bridgehead atoms. The predicted molar refractivity (Wildman–Crippen MR) is 120 cm³/mol. The summed E-state index contributed by atoms with van der Waals surface area (Å²) >= 11 is 0. The molecule has 0 aromatic rings. The van der Waals surface area contributed by atoms with E-state index in [1.807, 2.05) is 0 Å². The highest BCUT2D eigenvalue weighted by Crippen LogP contribution is 2.45. The summed E-state index contributed by atoms with van der Waals surface area (Å²) in [5.74, 6) is -0.0352. The van der Waals surface area contributed by atoms with Crippen LogP contribution in [0.3, 0.4) is 0 Å². The number of nitrogens with zero attached hydrogens (tertiary/aromatic N) is 2. The van der Waals surface area contributed by atoms with E-state index in [1.54, 1.807) is 0 Å². The Labute approximate surface area is 179 Å². The molecule has 4 heteroatoms. The van der Waals surface area contributed by atoms with Crippen molar-refractivity contribution in [2.24, 2.45) is 11.3 Å². The minimum atomic E-state index is -0.192. The first-order valence-corrected chi connectivity index (χ1v) is 12.4. The van der Waals surface area contributed by atoms with Gasteiger partial charge in [0.05, 0.1) is 0 Å². The van der Waals surface area contributed by atoms with Crippen LogP contribution in [0.4, 0.5) is 0 Å². The van der Waals surface area contributed by atoms with Gasteiger partial charge in [-0.1, -0.05) is 85.0 Å². The zero-order valence-corrected chi connectivity index (χ0v) is 19.9. The summed E-state index contributed by atoms with van der Waals surface area (Å²) in [6.45, 7) is 11.9. The van der Waals surface area contributed by atoms with Crippen molar-refractivity contribution in [3.8, 4) is 0 Å². The van der Waals surface area contributed by atoms with Gasteiger partial charge in [-0.05, 0) is 38.5 Å². The molecule has 0 radical (unpaired) electrons. The van der Waals surface area contributed by atoms with Crippen LogP contribution in [0, 0.1) is 11.3 Å². The molecule has 2 amide bonds. The van der Waals surface area contributed by atoms with Crippen LogP contribution >= 0.6 is 0 Å². The smallest absolute Gasteiger partial charge is 0.247 e. The Morgan fingerprint density at radius 3 is 2.00 bits per heavy atom. The van der Waals surface area contributed by atoms with Crippen molar-refractivity contribution in [3.63, 3.8) is 0 Å². The number of carbonyl (C=O) groups excluding carboxylic acids is 2. The van der Waals surface area contributed by atoms with Gasteiger partial charge in [-0.3, -0.25) is 9.59 Å². The highest BCUT2D eigenvalue weighted by atomic mass is 16.2. The van der Waals surface area contributed by atoms with E-state index in [2.05, 4.69) is 39.6 Å². The molecule has 0 N–H and O–H groups in total. The van der Waals surface area contributed by atoms with Gasteiger partial charge in [-0.15, -0.1) is 0 Å². The van der Waals surface area contributed by atoms with E-state index in [0.29, 0.717) is 6.42 Å². The maximum absolute atomic E-state index is 13.1. The average molecular weight is 407 g/mol. The lowest BCUT2D eigenvalue weighted by atomic mass is 9.68. The van der Waals surface area contributed by atoms with E-state index >= 15 is 0 Å². The number of rotatable bonds is 12. The van der Waals surface area contributed by atoms with Gasteiger partial charge in [0, 0.05) is 24.4 Å². The van der Waals surface area contributed by atoms with Crippen LogP contribution < -0.4 is 0 Å². The van der Waals surface area contributed by atoms with Crippen molar-refractivity contribution in [1.82, 2.24) is 10.0 Å². The predicted octanol–water partition coefficient (Wildman–Crippen LogP) is 6.49. The fourth-order valence-corrected chi connectivity index (χ4v) is 4.99. The van der Waals surface area contributed by atoms with Gasteiger partial charge in [-0.2, -0.15) is 0 Å². The number of hydrogen-bond acceptors (Lipinski definition) is 3. The minimum absolute atomic E-state index is 0.0119. The Morgan fingerprint density at radius 2 is 1.41 bits per heavy atom. The Balaban J connectivity index is 1.72. The summed E-state index contributed by atoms with van der Waals surface area (Å²) in [4.78, 5) is 25.8. The highest BCUT2D eigenvalue weighted by Gasteiger charge is 2.52. The molecule has 2 aliphatic heterocycles. The number of piperidine rings is 1. The third kappa shape index (κ3) is 6.06. The summed E-state index contributed by atoms with van der Waals surface area (Å²) in [6, 6.07) is 0. The van der Waals surface area contributed by atoms with Crippen molar-refractivity contribution in [1.29, 1.82) is 0 Å². The molecular weight excluding hydrogens is 360 g/mol. The Bertz CT molecular complexity index is 541. The van der Waals surface area contributed by atoms with Crippen molar-refractivity contribution in [3.05, 3.63) is 0 Å². The fourth-order valence-electron chi connectivity index (χ4n) is 4.99. The molecule has 2 saturated heterocycles. The second kappa shape index (κ2) is 10.9. The fraction of sp³-hybridized carbons (Fsp3) is 0.920. The first-order chi connectivity index (χ1) is 13.7. The highest BCUT2D eigenvalue weighted by molar-refractivity contribution is 6.03. The van der Waals surface area contributed by atoms with Gasteiger partial charge in [0.1, 0.15) is 0 Å². The summed E-state index contributed by atoms with van der Waals surface area (Å²) < 4.78 is 0. The number of hydrogen-bond donors (Lipinski definition) is 0. The zero-order chi connectivity index (χ0) is 21.5. The van der Waals surface area contributed by atoms with E-state index in [0.717, 1.165) is 32.2 Å². The van der Waals surface area contributed by atoms with Crippen LogP contribution in [-0.2, 0) is 9.59 Å². The van der Waals surface area contributed by atoms with E-state index in [4.69, 9.17) is 0 Å². The standard InChI is InChI=1S/C25H46N2O2/c1-6-7-8-9-10-11-12-13-14-15-17-21-20-22(28)27(23(21)29)26-19-16-18-24(2,3)25(26,4)5/h21H,6-20H2,1-5H3. The van der Waals surface area contributed by atoms with Crippen molar-refractivity contribution in [2.75, 3.05) is 6.54 Å². The monoisotopic (exact) mass is 406 g/mol. The van der Waals surface area contributed by atoms with Gasteiger partial charge >= 0.3 is 0 Å². The molecule has 168 valence electrons. The first kappa shape index (κ1) is 24.4. The second-order valence-electron chi connectivity index (χ2n) is 10.6. The molecule has 29 heavy (non-hydrogen) atoms. The van der Waals surface area contributed by atoms with Gasteiger partial charge in [0.2, 0.25) is 11.8 Å². The average Bonchev–Trinajstić information content (AvgIpc) is 2.93. The first-order valence-electron chi connectivity index (χ1n) is 12.4. The molecule has 0 aliphatic carbocycles. The second-order valence-corrected chi connectivity index (χ2v) is 10.6. The van der Waals surface area contributed by atoms with Crippen LogP contribution in [0.5, 0.6) is 0 Å². The molecule has 0 aromatic carbocycles. The molecule has 0 saturated carbocycles. The number of imide groups is 1. The summed E-state index contributed by atoms with van der Waals surface area (Å²) in [6.07, 6.45) is 16.4. The van der Waals surface area contributed by atoms with E-state index in [-0.39, 0.29) is 28.7 Å². The molecule has 4 nitrogen and oxygen atoms in total. The lowest BCUT2D eigenvalue weighted by molar-refractivity contribution is -0.186. The Kier molecular flexibility index (Phi) is 9.18. The van der Waals surface area contributed by atoms with Crippen LogP contribution in [0.15, 0.2) is 0 Å². The van der Waals surface area contributed by atoms with Crippen LogP contribution in [-0.4, -0.2) is 33.9 Å². The van der Waals surface area contributed by atoms with E-state index in [1.165, 1.54) is 62.8 Å². The summed E-state index contributed by atoms with van der Waals surface area (Å²) in [5, 5.41) is 3.61. The quantitative estimate of drug-likeness (QED) is 0.275. The maximum atomic E-state index is 13.1. The molecule has 2 heterocycles. The molecule has 2 rings (SSSR count). The van der Waals surface area contributed by atoms with Crippen LogP contribution in [0.1, 0.15) is 125 Å². The van der Waals surface area contributed by atoms with Gasteiger partial charge in [0.25, 0.3) is 0 Å². The van der Waals surface area contributed by atoms with Crippen molar-refractivity contribution >= 4 is 11.8 Å². The third-order valence-corrected chi connectivity index (χ3v) is 7.84. The number of hydrazine groups is 1. The van der Waals surface area contributed by atoms with E-state index in [9.17, 15) is 9.59 Å². The number of carbonyl (C=O) groups is 2. The lowest BCUT2D eigenvalue weighted by Gasteiger charge is -2.55. The van der Waals surface area contributed by atoms with Crippen LogP contribution in [0.2, 0.25) is 0 Å². The SMILES string of the molecule is CCCCCCCCCCCCC1CC(=O)N(N2CCCC(C)(C)C2(C)C)C1=O. The Hall–Kier alpha value is -0.900. The molecular formula is C25H46N2O2. The van der Waals surface area contributed by atoms with Gasteiger partial charge < -0.3 is 0 Å². The maximum Gasteiger partial charge on any atom is 0.247 e. The van der Waals surface area contributed by atoms with Crippen LogP contribution in [0.25, 0.3) is 0 Å². The van der Waals surface area contributed by atoms with Gasteiger partial charge in [-0.25, -0.2) is 10.0 Å². The molecule has 1 atom stereocenters. The molecule has 0 spiro atoms.